The van der Waals surface area contributed by atoms with E-state index >= 15 is 0 Å². The van der Waals surface area contributed by atoms with Crippen molar-refractivity contribution in [2.75, 3.05) is 11.9 Å². The fraction of sp³-hybridized carbons (Fsp3) is 0.500. The molecule has 0 aliphatic heterocycles. The molecule has 0 saturated heterocycles. The van der Waals surface area contributed by atoms with Crippen LogP contribution in [0.5, 0.6) is 0 Å². The van der Waals surface area contributed by atoms with Gasteiger partial charge in [-0.2, -0.15) is 4.39 Å². The minimum absolute atomic E-state index is 0.485. The summed E-state index contributed by atoms with van der Waals surface area (Å²) in [5.41, 5.74) is 0.103. The Morgan fingerprint density at radius 2 is 2.12 bits per heavy atom. The van der Waals surface area contributed by atoms with Crippen molar-refractivity contribution >= 4 is 11.4 Å². The van der Waals surface area contributed by atoms with Crippen LogP contribution in [0.25, 0.3) is 0 Å². The molecule has 17 heavy (non-hydrogen) atoms. The second-order valence-electron chi connectivity index (χ2n) is 3.91. The van der Waals surface area contributed by atoms with Crippen LogP contribution in [-0.4, -0.2) is 11.5 Å². The van der Waals surface area contributed by atoms with Gasteiger partial charge >= 0.3 is 5.69 Å². The van der Waals surface area contributed by atoms with Crippen LogP contribution in [0.15, 0.2) is 18.2 Å². The molecule has 0 radical (unpaired) electrons. The first-order valence-corrected chi connectivity index (χ1v) is 5.83. The van der Waals surface area contributed by atoms with Crippen molar-refractivity contribution in [3.05, 3.63) is 34.1 Å². The summed E-state index contributed by atoms with van der Waals surface area (Å²) in [7, 11) is 0. The number of nitrogens with zero attached hydrogens (tertiary/aromatic N) is 1. The van der Waals surface area contributed by atoms with Gasteiger partial charge in [0, 0.05) is 24.4 Å². The highest BCUT2D eigenvalue weighted by Gasteiger charge is 2.13. The molecule has 4 nitrogen and oxygen atoms in total. The van der Waals surface area contributed by atoms with Crippen molar-refractivity contribution in [2.24, 2.45) is 0 Å². The number of nitro groups is 1. The molecule has 0 atom stereocenters. The van der Waals surface area contributed by atoms with Crippen molar-refractivity contribution in [1.29, 1.82) is 0 Å². The Morgan fingerprint density at radius 3 is 2.71 bits per heavy atom. The van der Waals surface area contributed by atoms with Gasteiger partial charge in [0.2, 0.25) is 5.82 Å². The van der Waals surface area contributed by atoms with E-state index in [1.807, 2.05) is 0 Å². The third-order valence-corrected chi connectivity index (χ3v) is 2.50. The fourth-order valence-electron chi connectivity index (χ4n) is 1.55. The Morgan fingerprint density at radius 1 is 1.35 bits per heavy atom. The van der Waals surface area contributed by atoms with Crippen molar-refractivity contribution in [3.63, 3.8) is 0 Å². The molecule has 1 N–H and O–H groups in total. The van der Waals surface area contributed by atoms with E-state index in [2.05, 4.69) is 12.2 Å². The number of nitro benzene ring substituents is 1. The molecular weight excluding hydrogens is 223 g/mol. The number of unbranched alkanes of at least 4 members (excludes halogenated alkanes) is 3. The molecule has 0 aliphatic rings. The highest BCUT2D eigenvalue weighted by molar-refractivity contribution is 5.49. The van der Waals surface area contributed by atoms with Crippen LogP contribution in [0.3, 0.4) is 0 Å². The van der Waals surface area contributed by atoms with Crippen LogP contribution < -0.4 is 5.32 Å². The second-order valence-corrected chi connectivity index (χ2v) is 3.91. The molecule has 0 aromatic heterocycles. The number of hydrogen-bond donors (Lipinski definition) is 1. The molecule has 0 unspecified atom stereocenters. The molecule has 0 spiro atoms. The summed E-state index contributed by atoms with van der Waals surface area (Å²) in [5, 5.41) is 13.5. The van der Waals surface area contributed by atoms with Crippen LogP contribution in [0.1, 0.15) is 32.6 Å². The molecule has 0 heterocycles. The van der Waals surface area contributed by atoms with Crippen LogP contribution in [0.2, 0.25) is 0 Å². The fourth-order valence-corrected chi connectivity index (χ4v) is 1.55. The number of nitrogens with one attached hydrogen (secondary N) is 1. The normalized spacial score (nSPS) is 10.2. The molecule has 0 fully saturated rings. The van der Waals surface area contributed by atoms with E-state index in [1.165, 1.54) is 25.0 Å². The maximum Gasteiger partial charge on any atom is 0.304 e. The molecule has 1 aromatic carbocycles. The summed E-state index contributed by atoms with van der Waals surface area (Å²) in [5.74, 6) is -0.798. The Hall–Kier alpha value is -1.65. The average molecular weight is 240 g/mol. The lowest BCUT2D eigenvalue weighted by molar-refractivity contribution is -0.387. The zero-order valence-corrected chi connectivity index (χ0v) is 9.91. The molecule has 0 saturated carbocycles. The zero-order valence-electron chi connectivity index (χ0n) is 9.91. The smallest absolute Gasteiger partial charge is 0.304 e. The lowest BCUT2D eigenvalue weighted by Gasteiger charge is -2.06. The van der Waals surface area contributed by atoms with Crippen molar-refractivity contribution in [2.45, 2.75) is 32.6 Å². The average Bonchev–Trinajstić information content (AvgIpc) is 2.28. The van der Waals surface area contributed by atoms with Crippen LogP contribution >= 0.6 is 0 Å². The zero-order chi connectivity index (χ0) is 12.7. The molecule has 0 amide bonds. The van der Waals surface area contributed by atoms with Crippen molar-refractivity contribution in [3.8, 4) is 0 Å². The number of hydrogen-bond acceptors (Lipinski definition) is 3. The maximum absolute atomic E-state index is 13.2. The molecule has 5 heteroatoms. The number of halogens is 1. The second kappa shape index (κ2) is 6.83. The van der Waals surface area contributed by atoms with E-state index in [4.69, 9.17) is 0 Å². The van der Waals surface area contributed by atoms with Gasteiger partial charge in [0.15, 0.2) is 0 Å². The van der Waals surface area contributed by atoms with Crippen LogP contribution in [0.4, 0.5) is 15.8 Å². The van der Waals surface area contributed by atoms with Crippen LogP contribution in [0, 0.1) is 15.9 Å². The minimum atomic E-state index is -0.798. The van der Waals surface area contributed by atoms with E-state index in [-0.39, 0.29) is 0 Å². The van der Waals surface area contributed by atoms with E-state index < -0.39 is 16.4 Å². The largest absolute Gasteiger partial charge is 0.385 e. The SMILES string of the molecule is CCCCCCNc1ccc([N+](=O)[O-])c(F)c1. The van der Waals surface area contributed by atoms with E-state index in [9.17, 15) is 14.5 Å². The minimum Gasteiger partial charge on any atom is -0.385 e. The van der Waals surface area contributed by atoms with Gasteiger partial charge in [-0.3, -0.25) is 10.1 Å². The summed E-state index contributed by atoms with van der Waals surface area (Å²) in [6, 6.07) is 3.88. The quantitative estimate of drug-likeness (QED) is 0.449. The highest BCUT2D eigenvalue weighted by atomic mass is 19.1. The standard InChI is InChI=1S/C12H17FN2O2/c1-2-3-4-5-8-14-10-6-7-12(15(16)17)11(13)9-10/h6-7,9,14H,2-5,8H2,1H3. The van der Waals surface area contributed by atoms with Gasteiger partial charge in [-0.1, -0.05) is 26.2 Å². The summed E-state index contributed by atoms with van der Waals surface area (Å²) in [6.45, 7) is 2.90. The van der Waals surface area contributed by atoms with E-state index in [0.717, 1.165) is 25.5 Å². The van der Waals surface area contributed by atoms with Gasteiger partial charge in [-0.05, 0) is 12.5 Å². The summed E-state index contributed by atoms with van der Waals surface area (Å²) < 4.78 is 13.2. The lowest BCUT2D eigenvalue weighted by atomic mass is 10.2. The number of anilines is 1. The Kier molecular flexibility index (Phi) is 5.39. The Balaban J connectivity index is 2.45. The van der Waals surface area contributed by atoms with Gasteiger partial charge in [0.25, 0.3) is 0 Å². The Labute approximate surface area is 100.0 Å². The summed E-state index contributed by atoms with van der Waals surface area (Å²) in [6.07, 6.45) is 4.52. The topological polar surface area (TPSA) is 55.2 Å². The molecule has 1 rings (SSSR count). The van der Waals surface area contributed by atoms with Gasteiger partial charge in [0.05, 0.1) is 4.92 Å². The van der Waals surface area contributed by atoms with Crippen LogP contribution in [-0.2, 0) is 0 Å². The summed E-state index contributed by atoms with van der Waals surface area (Å²) >= 11 is 0. The Bertz CT molecular complexity index is 383. The predicted octanol–water partition coefficient (Wildman–Crippen LogP) is 3.73. The summed E-state index contributed by atoms with van der Waals surface area (Å²) in [4.78, 5) is 9.69. The number of rotatable bonds is 7. The third kappa shape index (κ3) is 4.38. The van der Waals surface area contributed by atoms with Gasteiger partial charge < -0.3 is 5.32 Å². The monoisotopic (exact) mass is 240 g/mol. The third-order valence-electron chi connectivity index (χ3n) is 2.50. The molecule has 0 bridgehead atoms. The first kappa shape index (κ1) is 13.4. The molecular formula is C12H17FN2O2. The van der Waals surface area contributed by atoms with Gasteiger partial charge in [-0.25, -0.2) is 0 Å². The molecule has 0 aliphatic carbocycles. The van der Waals surface area contributed by atoms with E-state index in [1.54, 1.807) is 0 Å². The van der Waals surface area contributed by atoms with Crippen molar-refractivity contribution < 1.29 is 9.31 Å². The first-order valence-electron chi connectivity index (χ1n) is 5.83. The van der Waals surface area contributed by atoms with Gasteiger partial charge in [-0.15, -0.1) is 0 Å². The predicted molar refractivity (Wildman–Crippen MR) is 65.7 cm³/mol. The van der Waals surface area contributed by atoms with Gasteiger partial charge in [0.1, 0.15) is 0 Å². The number of benzene rings is 1. The van der Waals surface area contributed by atoms with Crippen molar-refractivity contribution in [1.82, 2.24) is 0 Å². The lowest BCUT2D eigenvalue weighted by Crippen LogP contribution is -2.02. The maximum atomic E-state index is 13.2. The van der Waals surface area contributed by atoms with E-state index in [0.29, 0.717) is 5.69 Å². The highest BCUT2D eigenvalue weighted by Crippen LogP contribution is 2.20. The first-order chi connectivity index (χ1) is 8.15. The molecule has 1 aromatic rings. The molecule has 94 valence electrons.